The first-order chi connectivity index (χ1) is 14.3. The average molecular weight is 565 g/mol. The number of hydrogen-bond donors (Lipinski definition) is 3. The lowest BCUT2D eigenvalue weighted by Gasteiger charge is -2.21. The fraction of sp³-hybridized carbons (Fsp3) is 0.350. The first kappa shape index (κ1) is 25.3. The predicted molar refractivity (Wildman–Crippen MR) is 128 cm³/mol. The summed E-state index contributed by atoms with van der Waals surface area (Å²) in [5.74, 6) is -0.623. The van der Waals surface area contributed by atoms with Gasteiger partial charge in [-0.1, -0.05) is 18.2 Å². The van der Waals surface area contributed by atoms with Crippen LogP contribution in [0, 0.1) is 11.6 Å². The number of anilines is 1. The maximum atomic E-state index is 14.0. The van der Waals surface area contributed by atoms with E-state index in [1.54, 1.807) is 24.1 Å². The highest BCUT2D eigenvalue weighted by Crippen LogP contribution is 2.26. The van der Waals surface area contributed by atoms with Crippen LogP contribution in [0.2, 0.25) is 0 Å². The van der Waals surface area contributed by atoms with E-state index in [-0.39, 0.29) is 40.6 Å². The smallest absolute Gasteiger partial charge is 0.240 e. The number of para-hydroxylation sites is 1. The van der Waals surface area contributed by atoms with Crippen LogP contribution in [0.15, 0.2) is 52.4 Å². The van der Waals surface area contributed by atoms with Gasteiger partial charge in [0, 0.05) is 32.7 Å². The molecule has 0 saturated carbocycles. The number of nitrogens with one attached hydrogen (secondary N) is 3. The lowest BCUT2D eigenvalue weighted by Crippen LogP contribution is -2.44. The molecule has 31 heavy (non-hydrogen) atoms. The van der Waals surface area contributed by atoms with Crippen molar-refractivity contribution in [1.29, 1.82) is 0 Å². The Labute approximate surface area is 198 Å². The summed E-state index contributed by atoms with van der Waals surface area (Å²) in [6, 6.07) is 10.4. The second-order valence-electron chi connectivity index (χ2n) is 6.93. The molecule has 1 fully saturated rings. The van der Waals surface area contributed by atoms with Crippen LogP contribution in [-0.2, 0) is 16.6 Å². The Bertz CT molecular complexity index is 1020. The molecule has 0 aromatic heterocycles. The van der Waals surface area contributed by atoms with Crippen LogP contribution in [0.3, 0.4) is 0 Å². The molecule has 0 bridgehead atoms. The van der Waals surface area contributed by atoms with Gasteiger partial charge < -0.3 is 15.5 Å². The van der Waals surface area contributed by atoms with Gasteiger partial charge in [-0.25, -0.2) is 21.9 Å². The van der Waals surface area contributed by atoms with Crippen LogP contribution in [0.25, 0.3) is 0 Å². The van der Waals surface area contributed by atoms with Gasteiger partial charge in [-0.3, -0.25) is 4.99 Å². The fourth-order valence-corrected chi connectivity index (χ4v) is 4.19. The van der Waals surface area contributed by atoms with Crippen molar-refractivity contribution in [2.75, 3.05) is 32.1 Å². The van der Waals surface area contributed by atoms with Crippen LogP contribution in [0.1, 0.15) is 12.0 Å². The minimum atomic E-state index is -3.51. The molecule has 0 amide bonds. The van der Waals surface area contributed by atoms with Gasteiger partial charge in [0.2, 0.25) is 10.0 Å². The van der Waals surface area contributed by atoms with Crippen molar-refractivity contribution in [3.63, 3.8) is 0 Å². The van der Waals surface area contributed by atoms with Crippen LogP contribution < -0.4 is 20.3 Å². The van der Waals surface area contributed by atoms with E-state index in [1.165, 1.54) is 31.3 Å². The first-order valence-electron chi connectivity index (χ1n) is 9.52. The van der Waals surface area contributed by atoms with Gasteiger partial charge in [0.15, 0.2) is 5.96 Å². The summed E-state index contributed by atoms with van der Waals surface area (Å²) in [5, 5.41) is 6.40. The van der Waals surface area contributed by atoms with E-state index < -0.39 is 21.7 Å². The van der Waals surface area contributed by atoms with Gasteiger partial charge in [0.1, 0.15) is 17.3 Å². The second kappa shape index (κ2) is 11.0. The highest BCUT2D eigenvalue weighted by Gasteiger charge is 2.27. The number of halogens is 3. The summed E-state index contributed by atoms with van der Waals surface area (Å²) in [4.78, 5) is 6.05. The summed E-state index contributed by atoms with van der Waals surface area (Å²) >= 11 is 0. The van der Waals surface area contributed by atoms with Crippen molar-refractivity contribution in [3.8, 4) is 0 Å². The van der Waals surface area contributed by atoms with E-state index in [0.717, 1.165) is 5.56 Å². The molecule has 0 aliphatic carbocycles. The molecule has 7 nitrogen and oxygen atoms in total. The lowest BCUT2D eigenvalue weighted by molar-refractivity contribution is 0.575. The lowest BCUT2D eigenvalue weighted by atomic mass is 10.2. The fourth-order valence-electron chi connectivity index (χ4n) is 3.39. The molecule has 0 spiro atoms. The second-order valence-corrected chi connectivity index (χ2v) is 8.81. The number of rotatable bonds is 6. The Morgan fingerprint density at radius 1 is 1.19 bits per heavy atom. The number of sulfonamides is 1. The van der Waals surface area contributed by atoms with E-state index in [0.29, 0.717) is 32.0 Å². The SMILES string of the molecule is CN=C(NCc1cccc(S(=O)(=O)NC)c1)NC1CCN(c2c(F)cccc2F)C1.I. The molecule has 1 unspecified atom stereocenters. The summed E-state index contributed by atoms with van der Waals surface area (Å²) < 4.78 is 54.2. The highest BCUT2D eigenvalue weighted by molar-refractivity contribution is 14.0. The van der Waals surface area contributed by atoms with Crippen molar-refractivity contribution in [3.05, 3.63) is 59.7 Å². The molecular formula is C20H26F2IN5O2S. The molecule has 1 aliphatic heterocycles. The van der Waals surface area contributed by atoms with Crippen LogP contribution in [-0.4, -0.2) is 47.6 Å². The molecular weight excluding hydrogens is 539 g/mol. The third kappa shape index (κ3) is 6.26. The van der Waals surface area contributed by atoms with E-state index >= 15 is 0 Å². The number of aliphatic imine (C=N–C) groups is 1. The van der Waals surface area contributed by atoms with E-state index in [1.807, 2.05) is 6.07 Å². The zero-order valence-electron chi connectivity index (χ0n) is 17.2. The van der Waals surface area contributed by atoms with Gasteiger partial charge in [0.05, 0.1) is 4.90 Å². The topological polar surface area (TPSA) is 85.8 Å². The molecule has 2 aromatic rings. The maximum absolute atomic E-state index is 14.0. The van der Waals surface area contributed by atoms with Crippen molar-refractivity contribution in [2.24, 2.45) is 4.99 Å². The molecule has 3 rings (SSSR count). The number of nitrogens with zero attached hydrogens (tertiary/aromatic N) is 2. The van der Waals surface area contributed by atoms with Gasteiger partial charge >= 0.3 is 0 Å². The molecule has 1 saturated heterocycles. The van der Waals surface area contributed by atoms with Gasteiger partial charge in [-0.2, -0.15) is 0 Å². The Morgan fingerprint density at radius 3 is 2.52 bits per heavy atom. The summed E-state index contributed by atoms with van der Waals surface area (Å²) in [7, 11) is -0.523. The average Bonchev–Trinajstić information content (AvgIpc) is 3.19. The first-order valence-corrected chi connectivity index (χ1v) is 11.0. The third-order valence-electron chi connectivity index (χ3n) is 4.94. The van der Waals surface area contributed by atoms with Gasteiger partial charge in [-0.15, -0.1) is 24.0 Å². The molecule has 1 heterocycles. The minimum Gasteiger partial charge on any atom is -0.365 e. The van der Waals surface area contributed by atoms with Crippen LogP contribution in [0.5, 0.6) is 0 Å². The van der Waals surface area contributed by atoms with Gasteiger partial charge in [-0.05, 0) is 43.3 Å². The third-order valence-corrected chi connectivity index (χ3v) is 6.36. The van der Waals surface area contributed by atoms with Crippen molar-refractivity contribution in [2.45, 2.75) is 23.9 Å². The summed E-state index contributed by atoms with van der Waals surface area (Å²) in [5.41, 5.74) is 0.767. The zero-order chi connectivity index (χ0) is 21.7. The Hall–Kier alpha value is -1.99. The van der Waals surface area contributed by atoms with Crippen molar-refractivity contribution >= 4 is 45.6 Å². The summed E-state index contributed by atoms with van der Waals surface area (Å²) in [6.45, 7) is 1.33. The molecule has 11 heteroatoms. The quantitative estimate of drug-likeness (QED) is 0.285. The number of benzene rings is 2. The minimum absolute atomic E-state index is 0. The van der Waals surface area contributed by atoms with Crippen LogP contribution >= 0.6 is 24.0 Å². The largest absolute Gasteiger partial charge is 0.365 e. The highest BCUT2D eigenvalue weighted by atomic mass is 127. The normalized spacial score (nSPS) is 16.7. The van der Waals surface area contributed by atoms with E-state index in [4.69, 9.17) is 0 Å². The Morgan fingerprint density at radius 2 is 1.87 bits per heavy atom. The molecule has 3 N–H and O–H groups in total. The summed E-state index contributed by atoms with van der Waals surface area (Å²) in [6.07, 6.45) is 0.699. The van der Waals surface area contributed by atoms with Crippen molar-refractivity contribution < 1.29 is 17.2 Å². The molecule has 1 aliphatic rings. The standard InChI is InChI=1S/C20H25F2N5O2S.HI/c1-23-20(25-12-14-5-3-6-16(11-14)30(28,29)24-2)26-15-9-10-27(13-15)19-17(21)7-4-8-18(19)22;/h3-8,11,15,24H,9-10,12-13H2,1-2H3,(H2,23,25,26);1H. The Kier molecular flexibility index (Phi) is 9.01. The maximum Gasteiger partial charge on any atom is 0.240 e. The van der Waals surface area contributed by atoms with E-state index in [9.17, 15) is 17.2 Å². The molecule has 0 radical (unpaired) electrons. The number of guanidine groups is 1. The van der Waals surface area contributed by atoms with Gasteiger partial charge in [0.25, 0.3) is 0 Å². The van der Waals surface area contributed by atoms with Crippen LogP contribution in [0.4, 0.5) is 14.5 Å². The molecule has 170 valence electrons. The monoisotopic (exact) mass is 565 g/mol. The number of hydrogen-bond acceptors (Lipinski definition) is 4. The molecule has 2 aromatic carbocycles. The van der Waals surface area contributed by atoms with Crippen molar-refractivity contribution in [1.82, 2.24) is 15.4 Å². The van der Waals surface area contributed by atoms with E-state index in [2.05, 4.69) is 20.3 Å². The zero-order valence-corrected chi connectivity index (χ0v) is 20.4. The predicted octanol–water partition coefficient (Wildman–Crippen LogP) is 2.43. The molecule has 1 atom stereocenters. The Balaban J connectivity index is 0.00000341.